The number of nitrogens with one attached hydrogen (secondary N) is 1. The first-order valence-electron chi connectivity index (χ1n) is 9.29. The minimum absolute atomic E-state index is 0.116. The van der Waals surface area contributed by atoms with Crippen LogP contribution in [0.5, 0.6) is 0 Å². The van der Waals surface area contributed by atoms with Crippen molar-refractivity contribution in [1.29, 1.82) is 0 Å². The third-order valence-electron chi connectivity index (χ3n) is 4.62. The van der Waals surface area contributed by atoms with Gasteiger partial charge in [-0.05, 0) is 31.5 Å². The van der Waals surface area contributed by atoms with Crippen LogP contribution in [0.1, 0.15) is 24.4 Å². The highest BCUT2D eigenvalue weighted by atomic mass is 32.2. The molecule has 1 aromatic carbocycles. The van der Waals surface area contributed by atoms with E-state index in [4.69, 9.17) is 5.73 Å². The molecule has 2 aromatic heterocycles. The maximum absolute atomic E-state index is 12.8. The fraction of sp³-hybridized carbons (Fsp3) is 0.350. The predicted octanol–water partition coefficient (Wildman–Crippen LogP) is 2.76. The number of anilines is 1. The van der Waals surface area contributed by atoms with Gasteiger partial charge >= 0.3 is 0 Å². The lowest BCUT2D eigenvalue weighted by Gasteiger charge is -2.22. The summed E-state index contributed by atoms with van der Waals surface area (Å²) in [4.78, 5) is 14.1. The molecule has 0 unspecified atom stereocenters. The Morgan fingerprint density at radius 2 is 1.93 bits per heavy atom. The predicted molar refractivity (Wildman–Crippen MR) is 119 cm³/mol. The van der Waals surface area contributed by atoms with Crippen LogP contribution in [0.2, 0.25) is 0 Å². The second kappa shape index (κ2) is 8.38. The van der Waals surface area contributed by atoms with Crippen molar-refractivity contribution >= 4 is 27.2 Å². The molecule has 0 atom stereocenters. The Morgan fingerprint density at radius 1 is 1.20 bits per heavy atom. The van der Waals surface area contributed by atoms with Crippen LogP contribution in [0.4, 0.5) is 5.82 Å². The van der Waals surface area contributed by atoms with Crippen molar-refractivity contribution in [3.05, 3.63) is 41.2 Å². The Hall–Kier alpha value is -2.40. The van der Waals surface area contributed by atoms with Crippen LogP contribution in [-0.2, 0) is 10.0 Å². The smallest absolute Gasteiger partial charge is 0.240 e. The van der Waals surface area contributed by atoms with Crippen molar-refractivity contribution in [2.24, 2.45) is 5.41 Å². The molecule has 0 saturated heterocycles. The molecule has 0 aliphatic rings. The molecule has 0 bridgehead atoms. The van der Waals surface area contributed by atoms with Crippen molar-refractivity contribution < 1.29 is 13.5 Å². The Labute approximate surface area is 180 Å². The van der Waals surface area contributed by atoms with E-state index in [0.29, 0.717) is 17.0 Å². The van der Waals surface area contributed by atoms with Crippen molar-refractivity contribution in [1.82, 2.24) is 19.7 Å². The first-order valence-corrected chi connectivity index (χ1v) is 11.6. The lowest BCUT2D eigenvalue weighted by Crippen LogP contribution is -2.36. The number of nitrogens with two attached hydrogens (primary N) is 1. The first-order chi connectivity index (χ1) is 14.0. The van der Waals surface area contributed by atoms with Gasteiger partial charge in [-0.15, -0.1) is 11.3 Å². The van der Waals surface area contributed by atoms with Crippen molar-refractivity contribution in [3.8, 4) is 21.8 Å². The van der Waals surface area contributed by atoms with Gasteiger partial charge in [-0.1, -0.05) is 19.9 Å². The molecule has 3 aromatic rings. The molecule has 0 amide bonds. The van der Waals surface area contributed by atoms with Crippen LogP contribution in [0.25, 0.3) is 21.8 Å². The molecule has 8 nitrogen and oxygen atoms in total. The van der Waals surface area contributed by atoms with Gasteiger partial charge in [0.1, 0.15) is 5.69 Å². The second-order valence-electron chi connectivity index (χ2n) is 7.86. The highest BCUT2D eigenvalue weighted by Gasteiger charge is 2.23. The number of rotatable bonds is 7. The number of aryl methyl sites for hydroxylation is 2. The van der Waals surface area contributed by atoms with Crippen LogP contribution >= 0.6 is 11.3 Å². The van der Waals surface area contributed by atoms with Gasteiger partial charge in [0.2, 0.25) is 10.0 Å². The first kappa shape index (κ1) is 22.3. The van der Waals surface area contributed by atoms with E-state index in [1.54, 1.807) is 38.2 Å². The van der Waals surface area contributed by atoms with Gasteiger partial charge in [0.25, 0.3) is 0 Å². The largest absolute Gasteiger partial charge is 0.396 e. The lowest BCUT2D eigenvalue weighted by molar-refractivity contribution is 0.163. The van der Waals surface area contributed by atoms with E-state index in [2.05, 4.69) is 19.7 Å². The molecule has 4 N–H and O–H groups in total. The summed E-state index contributed by atoms with van der Waals surface area (Å²) in [5, 5.41) is 10.3. The summed E-state index contributed by atoms with van der Waals surface area (Å²) in [6.07, 6.45) is 3.23. The zero-order valence-corrected chi connectivity index (χ0v) is 18.9. The van der Waals surface area contributed by atoms with Gasteiger partial charge in [-0.3, -0.25) is 0 Å². The maximum atomic E-state index is 12.8. The molecule has 0 saturated carbocycles. The molecule has 3 rings (SSSR count). The van der Waals surface area contributed by atoms with E-state index in [0.717, 1.165) is 15.4 Å². The Bertz CT molecular complexity index is 1170. The number of hydrogen-bond acceptors (Lipinski definition) is 8. The van der Waals surface area contributed by atoms with Gasteiger partial charge in [0.05, 0.1) is 26.7 Å². The molecule has 0 spiro atoms. The average Bonchev–Trinajstić information content (AvgIpc) is 3.13. The lowest BCUT2D eigenvalue weighted by atomic mass is 9.96. The molecule has 0 aliphatic heterocycles. The average molecular weight is 448 g/mol. The standard InChI is InChI=1S/C20H25N5O3S2/c1-12-5-6-14(30(27,28)24-10-20(3,4)11-26)7-15(12)16-8-23-19(21)18(25-16)17-9-22-13(2)29-17/h5-9,24,26H,10-11H2,1-4H3,(H2,21,23). The van der Waals surface area contributed by atoms with E-state index in [1.807, 2.05) is 13.8 Å². The van der Waals surface area contributed by atoms with Gasteiger partial charge in [0, 0.05) is 30.3 Å². The summed E-state index contributed by atoms with van der Waals surface area (Å²) < 4.78 is 28.1. The highest BCUT2D eigenvalue weighted by molar-refractivity contribution is 7.89. The third kappa shape index (κ3) is 4.84. The van der Waals surface area contributed by atoms with Gasteiger partial charge in [-0.2, -0.15) is 0 Å². The molecule has 0 radical (unpaired) electrons. The summed E-state index contributed by atoms with van der Waals surface area (Å²) in [6, 6.07) is 4.85. The second-order valence-corrected chi connectivity index (χ2v) is 10.9. The molecule has 0 aliphatic carbocycles. The van der Waals surface area contributed by atoms with Crippen LogP contribution in [0, 0.1) is 19.3 Å². The summed E-state index contributed by atoms with van der Waals surface area (Å²) in [7, 11) is -3.76. The highest BCUT2D eigenvalue weighted by Crippen LogP contribution is 2.31. The minimum Gasteiger partial charge on any atom is -0.396 e. The summed E-state index contributed by atoms with van der Waals surface area (Å²) in [5.41, 5.74) is 8.00. The van der Waals surface area contributed by atoms with Gasteiger partial charge < -0.3 is 10.8 Å². The van der Waals surface area contributed by atoms with Crippen LogP contribution in [-0.4, -0.2) is 41.6 Å². The number of nitrogens with zero attached hydrogens (tertiary/aromatic N) is 3. The van der Waals surface area contributed by atoms with Gasteiger partial charge in [-0.25, -0.2) is 28.1 Å². The molecule has 160 valence electrons. The SMILES string of the molecule is Cc1ncc(-c2nc(-c3cc(S(=O)(=O)NCC(C)(C)CO)ccc3C)cnc2N)s1. The molecule has 0 fully saturated rings. The minimum atomic E-state index is -3.76. The number of aliphatic hydroxyl groups is 1. The van der Waals surface area contributed by atoms with Crippen LogP contribution in [0.15, 0.2) is 35.5 Å². The van der Waals surface area contributed by atoms with E-state index in [-0.39, 0.29) is 23.9 Å². The van der Waals surface area contributed by atoms with Crippen molar-refractivity contribution in [2.75, 3.05) is 18.9 Å². The molecule has 10 heteroatoms. The van der Waals surface area contributed by atoms with Crippen molar-refractivity contribution in [3.63, 3.8) is 0 Å². The topological polar surface area (TPSA) is 131 Å². The Balaban J connectivity index is 2.00. The zero-order chi connectivity index (χ0) is 22.1. The number of aromatic nitrogens is 3. The van der Waals surface area contributed by atoms with Crippen LogP contribution in [0.3, 0.4) is 0 Å². The number of thiazole rings is 1. The van der Waals surface area contributed by atoms with E-state index < -0.39 is 15.4 Å². The molecular weight excluding hydrogens is 422 g/mol. The quantitative estimate of drug-likeness (QED) is 0.507. The van der Waals surface area contributed by atoms with Crippen LogP contribution < -0.4 is 10.5 Å². The molecule has 30 heavy (non-hydrogen) atoms. The number of nitrogen functional groups attached to an aromatic ring is 1. The van der Waals surface area contributed by atoms with Crippen molar-refractivity contribution in [2.45, 2.75) is 32.6 Å². The van der Waals surface area contributed by atoms with E-state index >= 15 is 0 Å². The summed E-state index contributed by atoms with van der Waals surface area (Å²) >= 11 is 1.46. The van der Waals surface area contributed by atoms with E-state index in [1.165, 1.54) is 17.5 Å². The molecular formula is C20H25N5O3S2. The fourth-order valence-corrected chi connectivity index (χ4v) is 4.70. The third-order valence-corrected chi connectivity index (χ3v) is 6.94. The Kier molecular flexibility index (Phi) is 6.23. The molecule has 2 heterocycles. The number of sulfonamides is 1. The number of hydrogen-bond donors (Lipinski definition) is 3. The summed E-state index contributed by atoms with van der Waals surface area (Å²) in [5.74, 6) is 0.289. The number of benzene rings is 1. The maximum Gasteiger partial charge on any atom is 0.240 e. The number of aliphatic hydroxyl groups excluding tert-OH is 1. The monoisotopic (exact) mass is 447 g/mol. The normalized spacial score (nSPS) is 12.3. The van der Waals surface area contributed by atoms with Gasteiger partial charge in [0.15, 0.2) is 5.82 Å². The Morgan fingerprint density at radius 3 is 2.57 bits per heavy atom. The summed E-state index contributed by atoms with van der Waals surface area (Å²) in [6.45, 7) is 7.32. The van der Waals surface area contributed by atoms with E-state index in [9.17, 15) is 13.5 Å². The zero-order valence-electron chi connectivity index (χ0n) is 17.3. The fourth-order valence-electron chi connectivity index (χ4n) is 2.65.